The van der Waals surface area contributed by atoms with Crippen molar-refractivity contribution in [3.05, 3.63) is 89.5 Å². The van der Waals surface area contributed by atoms with E-state index in [0.29, 0.717) is 11.1 Å². The van der Waals surface area contributed by atoms with E-state index in [1.54, 1.807) is 18.2 Å². The van der Waals surface area contributed by atoms with Crippen molar-refractivity contribution in [3.63, 3.8) is 0 Å². The molecule has 5 nitrogen and oxygen atoms in total. The SMILES string of the molecule is O=C(Cc1ccc(Nc2ccc(C34CC5CC(CC(C5)C3)C4)cc2)cc1)Nc1ccccc1C(=O)O. The van der Waals surface area contributed by atoms with Gasteiger partial charge >= 0.3 is 5.97 Å². The number of para-hydroxylation sites is 1. The van der Waals surface area contributed by atoms with Crippen molar-refractivity contribution in [2.45, 2.75) is 50.4 Å². The fourth-order valence-electron chi connectivity index (χ4n) is 7.40. The highest BCUT2D eigenvalue weighted by Crippen LogP contribution is 2.60. The van der Waals surface area contributed by atoms with E-state index in [9.17, 15) is 14.7 Å². The molecule has 7 rings (SSSR count). The zero-order valence-electron chi connectivity index (χ0n) is 20.4. The zero-order valence-corrected chi connectivity index (χ0v) is 20.4. The summed E-state index contributed by atoms with van der Waals surface area (Å²) < 4.78 is 0. The van der Waals surface area contributed by atoms with Gasteiger partial charge in [-0.2, -0.15) is 0 Å². The van der Waals surface area contributed by atoms with Crippen LogP contribution in [-0.4, -0.2) is 17.0 Å². The van der Waals surface area contributed by atoms with Crippen LogP contribution in [0.3, 0.4) is 0 Å². The molecule has 184 valence electrons. The van der Waals surface area contributed by atoms with Gasteiger partial charge in [-0.25, -0.2) is 4.79 Å². The van der Waals surface area contributed by atoms with Crippen LogP contribution in [0.15, 0.2) is 72.8 Å². The second-order valence-corrected chi connectivity index (χ2v) is 11.2. The lowest BCUT2D eigenvalue weighted by atomic mass is 9.48. The van der Waals surface area contributed by atoms with Gasteiger partial charge in [0, 0.05) is 11.4 Å². The van der Waals surface area contributed by atoms with Crippen molar-refractivity contribution >= 4 is 28.9 Å². The first-order valence-corrected chi connectivity index (χ1v) is 13.0. The highest BCUT2D eigenvalue weighted by Gasteiger charge is 2.51. The number of carboxylic acids is 1. The van der Waals surface area contributed by atoms with Gasteiger partial charge < -0.3 is 15.7 Å². The highest BCUT2D eigenvalue weighted by molar-refractivity contribution is 6.01. The summed E-state index contributed by atoms with van der Waals surface area (Å²) >= 11 is 0. The first-order chi connectivity index (χ1) is 17.5. The number of hydrogen-bond acceptors (Lipinski definition) is 3. The molecule has 0 heterocycles. The summed E-state index contributed by atoms with van der Waals surface area (Å²) in [7, 11) is 0. The quantitative estimate of drug-likeness (QED) is 0.348. The standard InChI is InChI=1S/C31H32N2O3/c34-29(33-28-4-2-1-3-27(28)30(35)36)16-20-5-9-25(10-6-20)32-26-11-7-24(8-12-26)31-17-21-13-22(18-31)15-23(14-21)19-31/h1-12,21-23,32H,13-19H2,(H,33,34)(H,35,36). The molecule has 4 fully saturated rings. The number of anilines is 3. The summed E-state index contributed by atoms with van der Waals surface area (Å²) in [6, 6.07) is 23.3. The van der Waals surface area contributed by atoms with E-state index in [2.05, 4.69) is 34.9 Å². The minimum Gasteiger partial charge on any atom is -0.478 e. The molecule has 5 heteroatoms. The molecule has 4 bridgehead atoms. The first kappa shape index (κ1) is 22.8. The number of carboxylic acid groups (broad SMARTS) is 1. The summed E-state index contributed by atoms with van der Waals surface area (Å²) in [6.07, 6.45) is 8.70. The van der Waals surface area contributed by atoms with Crippen LogP contribution in [0.25, 0.3) is 0 Å². The number of aromatic carboxylic acids is 1. The molecular weight excluding hydrogens is 448 g/mol. The fourth-order valence-corrected chi connectivity index (χ4v) is 7.40. The second-order valence-electron chi connectivity index (χ2n) is 11.2. The summed E-state index contributed by atoms with van der Waals surface area (Å²) in [6.45, 7) is 0. The Bertz CT molecular complexity index is 1240. The molecule has 36 heavy (non-hydrogen) atoms. The molecule has 4 aliphatic rings. The highest BCUT2D eigenvalue weighted by atomic mass is 16.4. The predicted octanol–water partition coefficient (Wildman–Crippen LogP) is 6.78. The van der Waals surface area contributed by atoms with Crippen LogP contribution in [0.4, 0.5) is 17.1 Å². The largest absolute Gasteiger partial charge is 0.478 e. The van der Waals surface area contributed by atoms with Gasteiger partial charge in [-0.05, 0) is 109 Å². The van der Waals surface area contributed by atoms with E-state index in [4.69, 9.17) is 0 Å². The van der Waals surface area contributed by atoms with E-state index in [0.717, 1.165) is 34.7 Å². The number of carbonyl (C=O) groups is 2. The van der Waals surface area contributed by atoms with Crippen LogP contribution in [0, 0.1) is 17.8 Å². The van der Waals surface area contributed by atoms with Gasteiger partial charge in [-0.1, -0.05) is 36.4 Å². The van der Waals surface area contributed by atoms with Crippen molar-refractivity contribution in [1.82, 2.24) is 0 Å². The Labute approximate surface area is 211 Å². The maximum absolute atomic E-state index is 12.5. The molecule has 0 atom stereocenters. The van der Waals surface area contributed by atoms with Crippen molar-refractivity contribution in [1.29, 1.82) is 0 Å². The van der Waals surface area contributed by atoms with Crippen molar-refractivity contribution < 1.29 is 14.7 Å². The number of carbonyl (C=O) groups excluding carboxylic acids is 1. The molecule has 4 saturated carbocycles. The summed E-state index contributed by atoms with van der Waals surface area (Å²) in [5.74, 6) is 1.53. The van der Waals surface area contributed by atoms with Gasteiger partial charge in [0.15, 0.2) is 0 Å². The topological polar surface area (TPSA) is 78.4 Å². The Kier molecular flexibility index (Phi) is 5.79. The molecule has 3 aromatic rings. The average molecular weight is 481 g/mol. The maximum atomic E-state index is 12.5. The Morgan fingerprint density at radius 3 is 1.92 bits per heavy atom. The fraction of sp³-hybridized carbons (Fsp3) is 0.355. The molecule has 3 N–H and O–H groups in total. The molecule has 0 radical (unpaired) electrons. The number of hydrogen-bond donors (Lipinski definition) is 3. The van der Waals surface area contributed by atoms with Crippen LogP contribution >= 0.6 is 0 Å². The van der Waals surface area contributed by atoms with Gasteiger partial charge in [0.1, 0.15) is 0 Å². The Hall–Kier alpha value is -3.60. The van der Waals surface area contributed by atoms with Crippen LogP contribution in [0.2, 0.25) is 0 Å². The minimum atomic E-state index is -1.06. The van der Waals surface area contributed by atoms with Crippen LogP contribution < -0.4 is 10.6 Å². The van der Waals surface area contributed by atoms with E-state index in [1.807, 2.05) is 24.3 Å². The molecule has 0 spiro atoms. The van der Waals surface area contributed by atoms with Gasteiger partial charge in [0.05, 0.1) is 17.7 Å². The maximum Gasteiger partial charge on any atom is 0.337 e. The lowest BCUT2D eigenvalue weighted by Crippen LogP contribution is -2.48. The molecule has 1 amide bonds. The molecular formula is C31H32N2O3. The Morgan fingerprint density at radius 1 is 0.778 bits per heavy atom. The average Bonchev–Trinajstić information content (AvgIpc) is 2.85. The molecule has 0 aromatic heterocycles. The third-order valence-corrected chi connectivity index (χ3v) is 8.57. The summed E-state index contributed by atoms with van der Waals surface area (Å²) in [5, 5.41) is 15.5. The Morgan fingerprint density at radius 2 is 1.33 bits per heavy atom. The smallest absolute Gasteiger partial charge is 0.337 e. The van der Waals surface area contributed by atoms with Crippen molar-refractivity contribution in [2.75, 3.05) is 10.6 Å². The summed E-state index contributed by atoms with van der Waals surface area (Å²) in [5.41, 5.74) is 5.24. The molecule has 4 aliphatic carbocycles. The number of nitrogens with one attached hydrogen (secondary N) is 2. The van der Waals surface area contributed by atoms with Crippen molar-refractivity contribution in [3.8, 4) is 0 Å². The minimum absolute atomic E-state index is 0.0830. The van der Waals surface area contributed by atoms with Crippen LogP contribution in [0.1, 0.15) is 60.0 Å². The third kappa shape index (κ3) is 4.50. The van der Waals surface area contributed by atoms with Gasteiger partial charge in [0.25, 0.3) is 0 Å². The lowest BCUT2D eigenvalue weighted by Gasteiger charge is -2.57. The molecule has 3 aromatic carbocycles. The molecule has 0 aliphatic heterocycles. The number of benzene rings is 3. The number of amides is 1. The second kappa shape index (κ2) is 9.12. The third-order valence-electron chi connectivity index (χ3n) is 8.57. The lowest BCUT2D eigenvalue weighted by molar-refractivity contribution is -0.115. The van der Waals surface area contributed by atoms with Crippen LogP contribution in [-0.2, 0) is 16.6 Å². The normalized spacial score (nSPS) is 25.9. The van der Waals surface area contributed by atoms with Gasteiger partial charge in [0.2, 0.25) is 5.91 Å². The van der Waals surface area contributed by atoms with E-state index in [1.165, 1.54) is 50.2 Å². The van der Waals surface area contributed by atoms with Gasteiger partial charge in [-0.15, -0.1) is 0 Å². The monoisotopic (exact) mass is 480 g/mol. The zero-order chi connectivity index (χ0) is 24.7. The molecule has 0 saturated heterocycles. The molecule has 0 unspecified atom stereocenters. The van der Waals surface area contributed by atoms with Gasteiger partial charge in [-0.3, -0.25) is 4.79 Å². The Balaban J connectivity index is 1.07. The van der Waals surface area contributed by atoms with E-state index < -0.39 is 5.97 Å². The first-order valence-electron chi connectivity index (χ1n) is 13.0. The van der Waals surface area contributed by atoms with Crippen molar-refractivity contribution in [2.24, 2.45) is 17.8 Å². The summed E-state index contributed by atoms with van der Waals surface area (Å²) in [4.78, 5) is 23.8. The predicted molar refractivity (Wildman–Crippen MR) is 142 cm³/mol. The van der Waals surface area contributed by atoms with E-state index in [-0.39, 0.29) is 17.9 Å². The number of rotatable bonds is 7. The van der Waals surface area contributed by atoms with E-state index >= 15 is 0 Å². The van der Waals surface area contributed by atoms with Crippen LogP contribution in [0.5, 0.6) is 0 Å².